The quantitative estimate of drug-likeness (QED) is 0.497. The van der Waals surface area contributed by atoms with E-state index in [1.807, 2.05) is 5.01 Å². The molecule has 0 saturated heterocycles. The van der Waals surface area contributed by atoms with Crippen LogP contribution in [-0.2, 0) is 0 Å². The topological polar surface area (TPSA) is 39.7 Å². The van der Waals surface area contributed by atoms with Crippen LogP contribution in [0, 0.1) is 0 Å². The lowest BCUT2D eigenvalue weighted by Gasteiger charge is -2.12. The van der Waals surface area contributed by atoms with Crippen molar-refractivity contribution in [1.82, 2.24) is 16.1 Å². The van der Waals surface area contributed by atoms with Crippen LogP contribution in [0.1, 0.15) is 84.0 Å². The molecule has 1 heterocycles. The van der Waals surface area contributed by atoms with Crippen molar-refractivity contribution < 1.29 is 0 Å². The third-order valence-electron chi connectivity index (χ3n) is 3.71. The summed E-state index contributed by atoms with van der Waals surface area (Å²) in [5, 5.41) is 5.88. The molecule has 0 radical (unpaired) electrons. The fourth-order valence-electron chi connectivity index (χ4n) is 2.46. The summed E-state index contributed by atoms with van der Waals surface area (Å²) < 4.78 is 0. The van der Waals surface area contributed by atoms with Gasteiger partial charge in [0.1, 0.15) is 6.34 Å². The standard InChI is InChI=1S/C15H32N4/c1-2-3-4-5-6-7-8-9-10-11-12-13-14-19-15-16-17-18-19/h15,17-18H,2-14H2,1H3. The summed E-state index contributed by atoms with van der Waals surface area (Å²) in [6.45, 7) is 3.33. The van der Waals surface area contributed by atoms with E-state index in [2.05, 4.69) is 23.1 Å². The molecule has 0 aromatic rings. The first kappa shape index (κ1) is 16.3. The average molecular weight is 268 g/mol. The van der Waals surface area contributed by atoms with Gasteiger partial charge in [0.15, 0.2) is 0 Å². The Balaban J connectivity index is 1.68. The van der Waals surface area contributed by atoms with E-state index in [1.54, 1.807) is 6.34 Å². The van der Waals surface area contributed by atoms with Crippen LogP contribution in [0.5, 0.6) is 0 Å². The summed E-state index contributed by atoms with van der Waals surface area (Å²) in [7, 11) is 0. The Kier molecular flexibility index (Phi) is 10.5. The number of hydrogen-bond acceptors (Lipinski definition) is 4. The Morgan fingerprint density at radius 2 is 1.32 bits per heavy atom. The van der Waals surface area contributed by atoms with Gasteiger partial charge in [0.2, 0.25) is 0 Å². The second-order valence-electron chi connectivity index (χ2n) is 5.55. The molecule has 0 amide bonds. The van der Waals surface area contributed by atoms with Crippen molar-refractivity contribution in [3.8, 4) is 0 Å². The zero-order valence-electron chi connectivity index (χ0n) is 12.7. The van der Waals surface area contributed by atoms with Crippen molar-refractivity contribution in [1.29, 1.82) is 0 Å². The Labute approximate surface area is 119 Å². The van der Waals surface area contributed by atoms with Crippen molar-refractivity contribution in [3.05, 3.63) is 0 Å². The number of rotatable bonds is 13. The highest BCUT2D eigenvalue weighted by atomic mass is 15.8. The molecule has 4 heteroatoms. The van der Waals surface area contributed by atoms with Crippen LogP contribution in [0.3, 0.4) is 0 Å². The molecule has 2 N–H and O–H groups in total. The van der Waals surface area contributed by atoms with Gasteiger partial charge < -0.3 is 0 Å². The number of nitrogens with zero attached hydrogens (tertiary/aromatic N) is 2. The maximum absolute atomic E-state index is 3.88. The maximum atomic E-state index is 3.88. The molecule has 0 atom stereocenters. The zero-order valence-corrected chi connectivity index (χ0v) is 12.7. The first-order valence-electron chi connectivity index (χ1n) is 8.24. The smallest absolute Gasteiger partial charge is 0.128 e. The van der Waals surface area contributed by atoms with Gasteiger partial charge in [0.25, 0.3) is 0 Å². The second kappa shape index (κ2) is 12.3. The van der Waals surface area contributed by atoms with Crippen LogP contribution in [0.2, 0.25) is 0 Å². The van der Waals surface area contributed by atoms with Gasteiger partial charge in [-0.05, 0) is 6.42 Å². The van der Waals surface area contributed by atoms with Gasteiger partial charge in [0.05, 0.1) is 0 Å². The predicted molar refractivity (Wildman–Crippen MR) is 82.5 cm³/mol. The van der Waals surface area contributed by atoms with Crippen LogP contribution in [0.25, 0.3) is 0 Å². The minimum absolute atomic E-state index is 1.05. The first-order chi connectivity index (χ1) is 9.43. The number of hydrazine groups is 2. The zero-order chi connectivity index (χ0) is 13.6. The van der Waals surface area contributed by atoms with E-state index < -0.39 is 0 Å². The van der Waals surface area contributed by atoms with E-state index >= 15 is 0 Å². The normalized spacial score (nSPS) is 14.1. The van der Waals surface area contributed by atoms with Crippen LogP contribution in [0.4, 0.5) is 0 Å². The van der Waals surface area contributed by atoms with E-state index in [1.165, 1.54) is 77.0 Å². The SMILES string of the molecule is CCCCCCCCCCCCCCN1C=NNN1. The molecular weight excluding hydrogens is 236 g/mol. The van der Waals surface area contributed by atoms with Gasteiger partial charge in [-0.1, -0.05) is 77.6 Å². The average Bonchev–Trinajstić information content (AvgIpc) is 2.93. The summed E-state index contributed by atoms with van der Waals surface area (Å²) in [5.74, 6) is 0. The summed E-state index contributed by atoms with van der Waals surface area (Å²) in [6.07, 6.45) is 18.6. The molecule has 112 valence electrons. The summed E-state index contributed by atoms with van der Waals surface area (Å²) >= 11 is 0. The summed E-state index contributed by atoms with van der Waals surface area (Å²) in [5.41, 5.74) is 5.67. The maximum Gasteiger partial charge on any atom is 0.128 e. The molecule has 0 bridgehead atoms. The summed E-state index contributed by atoms with van der Waals surface area (Å²) in [4.78, 5) is 0. The molecule has 0 unspecified atom stereocenters. The van der Waals surface area contributed by atoms with E-state index in [0.717, 1.165) is 6.54 Å². The molecule has 0 aromatic heterocycles. The number of hydrazone groups is 1. The highest BCUT2D eigenvalue weighted by molar-refractivity contribution is 5.54. The minimum Gasteiger partial charge on any atom is -0.278 e. The number of hydrogen-bond donors (Lipinski definition) is 2. The first-order valence-corrected chi connectivity index (χ1v) is 8.24. The van der Waals surface area contributed by atoms with Crippen LogP contribution < -0.4 is 11.1 Å². The number of nitrogens with one attached hydrogen (secondary N) is 2. The molecule has 0 spiro atoms. The van der Waals surface area contributed by atoms with Crippen molar-refractivity contribution in [3.63, 3.8) is 0 Å². The van der Waals surface area contributed by atoms with E-state index in [-0.39, 0.29) is 0 Å². The molecular formula is C15H32N4. The predicted octanol–water partition coefficient (Wildman–Crippen LogP) is 3.96. The minimum atomic E-state index is 1.05. The third kappa shape index (κ3) is 9.77. The van der Waals surface area contributed by atoms with Crippen LogP contribution >= 0.6 is 0 Å². The lowest BCUT2D eigenvalue weighted by Crippen LogP contribution is -2.37. The van der Waals surface area contributed by atoms with Gasteiger partial charge in [-0.25, -0.2) is 5.53 Å². The van der Waals surface area contributed by atoms with Gasteiger partial charge in [-0.3, -0.25) is 5.01 Å². The van der Waals surface area contributed by atoms with E-state index in [4.69, 9.17) is 0 Å². The lowest BCUT2D eigenvalue weighted by atomic mass is 10.1. The largest absolute Gasteiger partial charge is 0.278 e. The monoisotopic (exact) mass is 268 g/mol. The Hall–Kier alpha value is -0.770. The fourth-order valence-corrected chi connectivity index (χ4v) is 2.46. The fraction of sp³-hybridized carbons (Fsp3) is 0.933. The van der Waals surface area contributed by atoms with E-state index in [0.29, 0.717) is 0 Å². The third-order valence-corrected chi connectivity index (χ3v) is 3.71. The Morgan fingerprint density at radius 1 is 0.789 bits per heavy atom. The highest BCUT2D eigenvalue weighted by Gasteiger charge is 2.02. The molecule has 4 nitrogen and oxygen atoms in total. The molecule has 1 aliphatic heterocycles. The molecule has 0 aromatic carbocycles. The van der Waals surface area contributed by atoms with Crippen molar-refractivity contribution in [2.75, 3.05) is 6.54 Å². The van der Waals surface area contributed by atoms with Gasteiger partial charge >= 0.3 is 0 Å². The van der Waals surface area contributed by atoms with Gasteiger partial charge in [-0.15, -0.1) is 5.53 Å². The Bertz CT molecular complexity index is 218. The van der Waals surface area contributed by atoms with Gasteiger partial charge in [0, 0.05) is 6.54 Å². The molecule has 1 rings (SSSR count). The lowest BCUT2D eigenvalue weighted by molar-refractivity contribution is 0.293. The Morgan fingerprint density at radius 3 is 1.79 bits per heavy atom. The molecule has 19 heavy (non-hydrogen) atoms. The second-order valence-corrected chi connectivity index (χ2v) is 5.55. The highest BCUT2D eigenvalue weighted by Crippen LogP contribution is 2.11. The molecule has 0 fully saturated rings. The molecule has 0 aliphatic carbocycles. The van der Waals surface area contributed by atoms with Crippen molar-refractivity contribution in [2.45, 2.75) is 84.0 Å². The van der Waals surface area contributed by atoms with Crippen LogP contribution in [0.15, 0.2) is 5.10 Å². The van der Waals surface area contributed by atoms with Crippen molar-refractivity contribution in [2.24, 2.45) is 5.10 Å². The summed E-state index contributed by atoms with van der Waals surface area (Å²) in [6, 6.07) is 0. The number of unbranched alkanes of at least 4 members (excludes halogenated alkanes) is 11. The molecule has 1 aliphatic rings. The van der Waals surface area contributed by atoms with Crippen LogP contribution in [-0.4, -0.2) is 17.9 Å². The molecule has 0 saturated carbocycles. The van der Waals surface area contributed by atoms with Crippen molar-refractivity contribution >= 4 is 6.34 Å². The van der Waals surface area contributed by atoms with Gasteiger partial charge in [-0.2, -0.15) is 5.10 Å². The van der Waals surface area contributed by atoms with E-state index in [9.17, 15) is 0 Å².